The van der Waals surface area contributed by atoms with Crippen molar-refractivity contribution in [3.05, 3.63) is 30.5 Å². The van der Waals surface area contributed by atoms with E-state index in [0.717, 1.165) is 16.6 Å². The van der Waals surface area contributed by atoms with Crippen LogP contribution in [0.4, 0.5) is 5.69 Å². The first-order valence-electron chi connectivity index (χ1n) is 5.16. The zero-order chi connectivity index (χ0) is 12.0. The van der Waals surface area contributed by atoms with Gasteiger partial charge in [-0.25, -0.2) is 0 Å². The van der Waals surface area contributed by atoms with Crippen LogP contribution in [0.2, 0.25) is 0 Å². The van der Waals surface area contributed by atoms with E-state index in [9.17, 15) is 5.11 Å². The lowest BCUT2D eigenvalue weighted by Crippen LogP contribution is -1.92. The Labute approximate surface area is 97.1 Å². The molecule has 3 rings (SSSR count). The van der Waals surface area contributed by atoms with E-state index in [1.807, 2.05) is 23.7 Å². The van der Waals surface area contributed by atoms with Crippen molar-refractivity contribution in [1.82, 2.24) is 9.72 Å². The largest absolute Gasteiger partial charge is 0.507 e. The number of nitrogens with two attached hydrogens (primary N) is 1. The summed E-state index contributed by atoms with van der Waals surface area (Å²) in [6.45, 7) is 0. The van der Waals surface area contributed by atoms with E-state index in [1.54, 1.807) is 12.1 Å². The van der Waals surface area contributed by atoms with Crippen molar-refractivity contribution >= 4 is 16.6 Å². The number of hydrogen-bond acceptors (Lipinski definition) is 4. The van der Waals surface area contributed by atoms with Crippen LogP contribution in [0.3, 0.4) is 0 Å². The van der Waals surface area contributed by atoms with E-state index < -0.39 is 0 Å². The number of nitrogens with zero attached hydrogens (tertiary/aromatic N) is 2. The highest BCUT2D eigenvalue weighted by molar-refractivity contribution is 5.92. The molecule has 0 aliphatic heterocycles. The molecule has 0 aliphatic carbocycles. The summed E-state index contributed by atoms with van der Waals surface area (Å²) in [4.78, 5) is 0. The van der Waals surface area contributed by atoms with Crippen molar-refractivity contribution in [3.63, 3.8) is 0 Å². The Kier molecular flexibility index (Phi) is 1.89. The van der Waals surface area contributed by atoms with Gasteiger partial charge in [0.1, 0.15) is 11.4 Å². The smallest absolute Gasteiger partial charge is 0.206 e. The number of aromatic hydroxyl groups is 1. The maximum Gasteiger partial charge on any atom is 0.206 e. The number of aromatic nitrogens is 2. The highest BCUT2D eigenvalue weighted by Gasteiger charge is 2.15. The Morgan fingerprint density at radius 2 is 2.24 bits per heavy atom. The second kappa shape index (κ2) is 3.28. The average molecular weight is 229 g/mol. The third-order valence-corrected chi connectivity index (χ3v) is 2.89. The van der Waals surface area contributed by atoms with Crippen LogP contribution in [0.15, 0.2) is 35.0 Å². The van der Waals surface area contributed by atoms with Crippen LogP contribution in [-0.4, -0.2) is 14.8 Å². The van der Waals surface area contributed by atoms with Gasteiger partial charge in [0.25, 0.3) is 0 Å². The molecule has 0 spiro atoms. The van der Waals surface area contributed by atoms with Crippen LogP contribution < -0.4 is 5.73 Å². The van der Waals surface area contributed by atoms with Gasteiger partial charge in [0, 0.05) is 12.4 Å². The summed E-state index contributed by atoms with van der Waals surface area (Å²) in [6.07, 6.45) is 1.47. The number of benzene rings is 1. The Hall–Kier alpha value is -2.43. The SMILES string of the molecule is Cn1c(-c2oncc2N)cc2c(O)cccc21. The molecular formula is C12H11N3O2. The average Bonchev–Trinajstić information content (AvgIpc) is 2.85. The number of anilines is 1. The molecule has 1 aromatic carbocycles. The summed E-state index contributed by atoms with van der Waals surface area (Å²) >= 11 is 0. The minimum Gasteiger partial charge on any atom is -0.507 e. The normalized spacial score (nSPS) is 11.1. The quantitative estimate of drug-likeness (QED) is 0.670. The van der Waals surface area contributed by atoms with Gasteiger partial charge in [-0.15, -0.1) is 0 Å². The van der Waals surface area contributed by atoms with Crippen LogP contribution in [0.1, 0.15) is 0 Å². The molecule has 0 fully saturated rings. The molecule has 0 radical (unpaired) electrons. The van der Waals surface area contributed by atoms with Gasteiger partial charge in [-0.3, -0.25) is 0 Å². The topological polar surface area (TPSA) is 77.2 Å². The summed E-state index contributed by atoms with van der Waals surface area (Å²) in [5, 5.41) is 14.2. The lowest BCUT2D eigenvalue weighted by molar-refractivity contribution is 0.430. The molecular weight excluding hydrogens is 218 g/mol. The van der Waals surface area contributed by atoms with Crippen molar-refractivity contribution < 1.29 is 9.63 Å². The highest BCUT2D eigenvalue weighted by Crippen LogP contribution is 2.34. The molecule has 0 aliphatic rings. The van der Waals surface area contributed by atoms with Crippen molar-refractivity contribution in [1.29, 1.82) is 0 Å². The Balaban J connectivity index is 2.36. The molecule has 0 saturated carbocycles. The third-order valence-electron chi connectivity index (χ3n) is 2.89. The Bertz CT molecular complexity index is 697. The van der Waals surface area contributed by atoms with Crippen molar-refractivity contribution in [2.75, 3.05) is 5.73 Å². The molecule has 0 bridgehead atoms. The third kappa shape index (κ3) is 1.29. The zero-order valence-electron chi connectivity index (χ0n) is 9.21. The summed E-state index contributed by atoms with van der Waals surface area (Å²) in [5.41, 5.74) is 7.95. The molecule has 0 unspecified atom stereocenters. The number of fused-ring (bicyclic) bond motifs is 1. The van der Waals surface area contributed by atoms with Gasteiger partial charge in [-0.05, 0) is 18.2 Å². The van der Waals surface area contributed by atoms with Gasteiger partial charge in [0.05, 0.1) is 17.4 Å². The van der Waals surface area contributed by atoms with Gasteiger partial charge in [0.15, 0.2) is 0 Å². The Morgan fingerprint density at radius 3 is 2.88 bits per heavy atom. The standard InChI is InChI=1S/C12H11N3O2/c1-15-9-3-2-4-11(16)7(9)5-10(15)12-8(13)6-14-17-12/h2-6,16H,13H2,1H3. The van der Waals surface area contributed by atoms with Crippen LogP contribution in [-0.2, 0) is 7.05 Å². The summed E-state index contributed by atoms with van der Waals surface area (Å²) in [7, 11) is 1.89. The summed E-state index contributed by atoms with van der Waals surface area (Å²) < 4.78 is 7.03. The van der Waals surface area contributed by atoms with E-state index >= 15 is 0 Å². The van der Waals surface area contributed by atoms with Crippen molar-refractivity contribution in [2.45, 2.75) is 0 Å². The number of phenols is 1. The van der Waals surface area contributed by atoms with Crippen LogP contribution in [0.5, 0.6) is 5.75 Å². The highest BCUT2D eigenvalue weighted by atomic mass is 16.5. The van der Waals surface area contributed by atoms with Crippen LogP contribution in [0, 0.1) is 0 Å². The van der Waals surface area contributed by atoms with E-state index in [2.05, 4.69) is 5.16 Å². The second-order valence-corrected chi connectivity index (χ2v) is 3.91. The maximum absolute atomic E-state index is 9.78. The first kappa shape index (κ1) is 9.77. The first-order chi connectivity index (χ1) is 8.18. The Morgan fingerprint density at radius 1 is 1.41 bits per heavy atom. The molecule has 17 heavy (non-hydrogen) atoms. The molecule has 5 nitrogen and oxygen atoms in total. The molecule has 2 aromatic heterocycles. The van der Waals surface area contributed by atoms with E-state index in [0.29, 0.717) is 11.4 Å². The molecule has 0 saturated heterocycles. The van der Waals surface area contributed by atoms with E-state index in [1.165, 1.54) is 6.20 Å². The van der Waals surface area contributed by atoms with Crippen LogP contribution in [0.25, 0.3) is 22.4 Å². The lowest BCUT2D eigenvalue weighted by atomic mass is 10.2. The molecule has 3 N–H and O–H groups in total. The number of phenolic OH excluding ortho intramolecular Hbond substituents is 1. The van der Waals surface area contributed by atoms with Gasteiger partial charge in [-0.2, -0.15) is 0 Å². The van der Waals surface area contributed by atoms with E-state index in [-0.39, 0.29) is 5.75 Å². The molecule has 2 heterocycles. The van der Waals surface area contributed by atoms with Gasteiger partial charge < -0.3 is 19.9 Å². The molecule has 0 amide bonds. The number of aryl methyl sites for hydroxylation is 1. The van der Waals surface area contributed by atoms with Gasteiger partial charge in [-0.1, -0.05) is 11.2 Å². The number of nitrogen functional groups attached to an aromatic ring is 1. The van der Waals surface area contributed by atoms with Gasteiger partial charge in [0.2, 0.25) is 5.76 Å². The summed E-state index contributed by atoms with van der Waals surface area (Å²) in [6, 6.07) is 7.20. The minimum absolute atomic E-state index is 0.238. The fourth-order valence-electron chi connectivity index (χ4n) is 2.00. The predicted octanol–water partition coefficient (Wildman–Crippen LogP) is 2.12. The monoisotopic (exact) mass is 229 g/mol. The maximum atomic E-state index is 9.78. The fourth-order valence-corrected chi connectivity index (χ4v) is 2.00. The van der Waals surface area contributed by atoms with Gasteiger partial charge >= 0.3 is 0 Å². The first-order valence-corrected chi connectivity index (χ1v) is 5.16. The predicted molar refractivity (Wildman–Crippen MR) is 64.5 cm³/mol. The zero-order valence-corrected chi connectivity index (χ0v) is 9.21. The molecule has 86 valence electrons. The van der Waals surface area contributed by atoms with Crippen molar-refractivity contribution in [2.24, 2.45) is 7.05 Å². The molecule has 3 aromatic rings. The second-order valence-electron chi connectivity index (χ2n) is 3.91. The van der Waals surface area contributed by atoms with E-state index in [4.69, 9.17) is 10.3 Å². The molecule has 5 heteroatoms. The number of rotatable bonds is 1. The number of hydrogen-bond donors (Lipinski definition) is 2. The van der Waals surface area contributed by atoms with Crippen LogP contribution >= 0.6 is 0 Å². The minimum atomic E-state index is 0.238. The fraction of sp³-hybridized carbons (Fsp3) is 0.0833. The summed E-state index contributed by atoms with van der Waals surface area (Å²) in [5.74, 6) is 0.755. The molecule has 0 atom stereocenters. The van der Waals surface area contributed by atoms with Crippen molar-refractivity contribution in [3.8, 4) is 17.2 Å². The lowest BCUT2D eigenvalue weighted by Gasteiger charge is -2.01.